The summed E-state index contributed by atoms with van der Waals surface area (Å²) in [6.07, 6.45) is 2.90. The predicted molar refractivity (Wildman–Crippen MR) is 214 cm³/mol. The molecule has 6 aliphatic heterocycles. The van der Waals surface area contributed by atoms with Crippen LogP contribution in [0.15, 0.2) is 48.9 Å². The van der Waals surface area contributed by atoms with E-state index in [0.717, 1.165) is 13.0 Å². The Bertz CT molecular complexity index is 2550. The third-order valence-corrected chi connectivity index (χ3v) is 12.7. The number of rotatable bonds is 5. The van der Waals surface area contributed by atoms with Gasteiger partial charge in [-0.05, 0) is 79.8 Å². The molecule has 9 heterocycles. The van der Waals surface area contributed by atoms with Crippen molar-refractivity contribution >= 4 is 39.7 Å². The molecule has 318 valence electrons. The van der Waals surface area contributed by atoms with Gasteiger partial charge in [0.05, 0.1) is 35.5 Å². The Morgan fingerprint density at radius 2 is 1.84 bits per heavy atom. The zero-order chi connectivity index (χ0) is 42.0. The van der Waals surface area contributed by atoms with Crippen molar-refractivity contribution < 1.29 is 41.4 Å². The fourth-order valence-corrected chi connectivity index (χ4v) is 9.91. The molecule has 61 heavy (non-hydrogen) atoms. The Morgan fingerprint density at radius 3 is 2.67 bits per heavy atom. The number of hydrogen-bond acceptors (Lipinski definition) is 12. The Balaban J connectivity index is 1.09. The van der Waals surface area contributed by atoms with Crippen molar-refractivity contribution in [3.63, 3.8) is 0 Å². The van der Waals surface area contributed by atoms with Gasteiger partial charge in [-0.3, -0.25) is 9.88 Å². The largest absolute Gasteiger partial charge is 0.461 e. The van der Waals surface area contributed by atoms with Crippen LogP contribution in [0.4, 0.5) is 33.0 Å². The number of pyridine rings is 1. The van der Waals surface area contributed by atoms with E-state index in [2.05, 4.69) is 30.2 Å². The first-order valence-corrected chi connectivity index (χ1v) is 20.7. The summed E-state index contributed by atoms with van der Waals surface area (Å²) in [6, 6.07) is 7.32. The number of carbonyl (C=O) groups excluding carboxylic acids is 2. The molecule has 6 bridgehead atoms. The highest BCUT2D eigenvalue weighted by Gasteiger charge is 2.49. The van der Waals surface area contributed by atoms with E-state index in [9.17, 15) is 14.0 Å². The maximum atomic E-state index is 17.6. The number of aryl methyl sites for hydroxylation is 1. The number of amides is 2. The van der Waals surface area contributed by atoms with E-state index >= 15 is 13.2 Å². The maximum Gasteiger partial charge on any atom is 0.415 e. The lowest BCUT2D eigenvalue weighted by Crippen LogP contribution is -2.60. The summed E-state index contributed by atoms with van der Waals surface area (Å²) in [5, 5.41) is 3.69. The third kappa shape index (κ3) is 7.27. The van der Waals surface area contributed by atoms with E-state index in [4.69, 9.17) is 19.2 Å². The van der Waals surface area contributed by atoms with Crippen molar-refractivity contribution in [3.05, 3.63) is 71.9 Å². The molecule has 4 fully saturated rings. The molecular formula is C43H43F4N9O5. The molecule has 0 unspecified atom stereocenters. The molecule has 5 aromatic rings. The van der Waals surface area contributed by atoms with E-state index in [-0.39, 0.29) is 103 Å². The average molecular weight is 842 g/mol. The van der Waals surface area contributed by atoms with Crippen LogP contribution in [-0.4, -0.2) is 123 Å². The minimum atomic E-state index is -1.43. The number of nitrogens with one attached hydrogen (secondary N) is 1. The Labute approximate surface area is 347 Å². The third-order valence-electron chi connectivity index (χ3n) is 12.7. The van der Waals surface area contributed by atoms with Crippen LogP contribution in [0.25, 0.3) is 32.9 Å². The van der Waals surface area contributed by atoms with Gasteiger partial charge in [-0.1, -0.05) is 6.07 Å². The quantitative estimate of drug-likeness (QED) is 0.194. The molecule has 2 aromatic carbocycles. The van der Waals surface area contributed by atoms with Gasteiger partial charge in [-0.15, -0.1) is 0 Å². The van der Waals surface area contributed by atoms with Crippen LogP contribution in [0.1, 0.15) is 56.3 Å². The molecule has 11 rings (SSSR count). The van der Waals surface area contributed by atoms with Gasteiger partial charge in [0.15, 0.2) is 5.82 Å². The molecule has 1 N–H and O–H groups in total. The van der Waals surface area contributed by atoms with E-state index < -0.39 is 47.2 Å². The Hall–Kier alpha value is -5.91. The van der Waals surface area contributed by atoms with Gasteiger partial charge >= 0.3 is 18.2 Å². The maximum absolute atomic E-state index is 17.6. The number of fused-ring (bicyclic) bond motifs is 7. The smallest absolute Gasteiger partial charge is 0.415 e. The zero-order valence-corrected chi connectivity index (χ0v) is 33.4. The minimum absolute atomic E-state index is 0.0281. The molecule has 14 nitrogen and oxygen atoms in total. The van der Waals surface area contributed by atoms with E-state index in [0.29, 0.717) is 42.7 Å². The van der Waals surface area contributed by atoms with Gasteiger partial charge in [0.2, 0.25) is 0 Å². The predicted octanol–water partition coefficient (Wildman–Crippen LogP) is 6.45. The molecule has 0 radical (unpaired) electrons. The van der Waals surface area contributed by atoms with Crippen molar-refractivity contribution in [2.45, 2.75) is 74.8 Å². The number of benzene rings is 2. The lowest BCUT2D eigenvalue weighted by atomic mass is 9.90. The molecule has 3 aromatic heterocycles. The second-order valence-electron chi connectivity index (χ2n) is 17.2. The van der Waals surface area contributed by atoms with Crippen LogP contribution in [0.5, 0.6) is 11.8 Å². The number of alkyl carbamates (subject to hydrolysis) is 1. The monoisotopic (exact) mass is 841 g/mol. The summed E-state index contributed by atoms with van der Waals surface area (Å²) in [5.41, 5.74) is -1.81. The van der Waals surface area contributed by atoms with Crippen molar-refractivity contribution in [3.8, 4) is 23.0 Å². The molecular weight excluding hydrogens is 799 g/mol. The van der Waals surface area contributed by atoms with Crippen LogP contribution in [-0.2, 0) is 11.2 Å². The van der Waals surface area contributed by atoms with E-state index in [1.807, 2.05) is 0 Å². The second kappa shape index (κ2) is 15.2. The average Bonchev–Trinajstić information content (AvgIpc) is 3.74. The van der Waals surface area contributed by atoms with Crippen LogP contribution in [0, 0.1) is 11.6 Å². The van der Waals surface area contributed by atoms with Crippen molar-refractivity contribution in [1.82, 2.24) is 40.0 Å². The lowest BCUT2D eigenvalue weighted by molar-refractivity contribution is 0.107. The van der Waals surface area contributed by atoms with Crippen molar-refractivity contribution in [1.29, 1.82) is 0 Å². The second-order valence-corrected chi connectivity index (χ2v) is 17.2. The van der Waals surface area contributed by atoms with E-state index in [1.54, 1.807) is 36.4 Å². The molecule has 4 saturated heterocycles. The normalized spacial score (nSPS) is 25.6. The van der Waals surface area contributed by atoms with Crippen LogP contribution >= 0.6 is 0 Å². The van der Waals surface area contributed by atoms with Crippen LogP contribution < -0.4 is 19.7 Å². The highest BCUT2D eigenvalue weighted by atomic mass is 19.1. The number of nitrogens with zero attached hydrogens (tertiary/aromatic N) is 8. The Kier molecular flexibility index (Phi) is 9.79. The van der Waals surface area contributed by atoms with Gasteiger partial charge in [0, 0.05) is 63.2 Å². The first-order chi connectivity index (χ1) is 29.4. The van der Waals surface area contributed by atoms with Crippen molar-refractivity contribution in [2.75, 3.05) is 57.4 Å². The van der Waals surface area contributed by atoms with E-state index in [1.165, 1.54) is 29.3 Å². The summed E-state index contributed by atoms with van der Waals surface area (Å²) < 4.78 is 81.7. The number of likely N-dealkylation sites (tertiary alicyclic amines) is 1. The lowest BCUT2D eigenvalue weighted by Gasteiger charge is -2.42. The van der Waals surface area contributed by atoms with Gasteiger partial charge in [0.25, 0.3) is 0 Å². The number of ether oxygens (including phenoxy) is 3. The van der Waals surface area contributed by atoms with Gasteiger partial charge in [-0.25, -0.2) is 37.1 Å². The summed E-state index contributed by atoms with van der Waals surface area (Å²) >= 11 is 0. The number of hydrogen-bond donors (Lipinski definition) is 1. The van der Waals surface area contributed by atoms with Gasteiger partial charge in [-0.2, -0.15) is 9.97 Å². The topological polar surface area (TPSA) is 148 Å². The molecule has 0 spiro atoms. The fraction of sp³-hybridized carbons (Fsp3) is 0.465. The van der Waals surface area contributed by atoms with Gasteiger partial charge < -0.3 is 29.3 Å². The molecule has 0 aliphatic carbocycles. The highest BCUT2D eigenvalue weighted by molar-refractivity contribution is 6.02. The number of carbonyl (C=O) groups is 2. The minimum Gasteiger partial charge on any atom is -0.461 e. The zero-order valence-electron chi connectivity index (χ0n) is 33.4. The molecule has 6 aliphatic rings. The molecule has 2 amide bonds. The Morgan fingerprint density at radius 1 is 1.02 bits per heavy atom. The first kappa shape index (κ1) is 39.2. The fourth-order valence-electron chi connectivity index (χ4n) is 9.91. The summed E-state index contributed by atoms with van der Waals surface area (Å²) in [4.78, 5) is 54.2. The summed E-state index contributed by atoms with van der Waals surface area (Å²) in [6.45, 7) is 3.26. The van der Waals surface area contributed by atoms with Gasteiger partial charge in [0.1, 0.15) is 53.4 Å². The van der Waals surface area contributed by atoms with Crippen LogP contribution in [0.3, 0.4) is 0 Å². The SMILES string of the molecule is C[C@@]12C[C@@H](F)CN(C1)c1nc(OC[C@@]34CCCN3C[C@H](F)C4)nc3c(F)c(ncc13)-c1cc(OC(=O)N3CC(c4ncccn4)C3)cc3ccc(F)c(c13)CCCOC(=O)N2. The summed E-state index contributed by atoms with van der Waals surface area (Å²) in [5.74, 6) is -0.743. The number of anilines is 1. The number of aromatic nitrogens is 5. The van der Waals surface area contributed by atoms with Crippen molar-refractivity contribution in [2.24, 2.45) is 0 Å². The molecule has 18 heteroatoms. The van der Waals surface area contributed by atoms with Crippen LogP contribution in [0.2, 0.25) is 0 Å². The highest BCUT2D eigenvalue weighted by Crippen LogP contribution is 2.43. The number of alkyl halides is 2. The molecule has 0 saturated carbocycles. The standard InChI is InChI=1S/C43H43F4N9O5/c1-42-15-26(44)20-55(22-42)38-31-17-50-35(34(47)36(31)51-39(52-38)60-23-43-8-3-11-56(43)21-27(45)16-43)30-14-28(61-41(58)54-18-25(19-54)37-48-9-4-10-49-37)13-24-6-7-32(46)29(33(24)30)5-2-12-59-40(57)53-42/h4,6-7,9-10,13-14,17,25-27H,2-3,5,8,11-12,15-16,18-23H2,1H3,(H,53,57)/t26-,27-,42-,43+/m1/s1. The summed E-state index contributed by atoms with van der Waals surface area (Å²) in [7, 11) is 0. The molecule has 4 atom stereocenters. The first-order valence-electron chi connectivity index (χ1n) is 20.7. The number of piperidine rings is 1. The number of halogens is 4.